The first-order chi connectivity index (χ1) is 13.7. The van der Waals surface area contributed by atoms with Crippen LogP contribution in [-0.2, 0) is 0 Å². The fraction of sp³-hybridized carbons (Fsp3) is 0.111. The molecule has 0 bridgehead atoms. The number of fused-ring (bicyclic) bond motifs is 3. The van der Waals surface area contributed by atoms with Gasteiger partial charge < -0.3 is 4.57 Å². The lowest BCUT2D eigenvalue weighted by atomic mass is 9.98. The van der Waals surface area contributed by atoms with Gasteiger partial charge in [0.2, 0.25) is 0 Å². The Labute approximate surface area is 165 Å². The van der Waals surface area contributed by atoms with Gasteiger partial charge in [-0.25, -0.2) is 0 Å². The van der Waals surface area contributed by atoms with Crippen LogP contribution in [0.2, 0.25) is 0 Å². The van der Waals surface area contributed by atoms with Crippen LogP contribution in [0, 0.1) is 0 Å². The van der Waals surface area contributed by atoms with E-state index in [4.69, 9.17) is 0 Å². The molecule has 0 saturated heterocycles. The lowest BCUT2D eigenvalue weighted by molar-refractivity contribution is 0.867. The summed E-state index contributed by atoms with van der Waals surface area (Å²) in [7, 11) is 0. The first-order valence-corrected chi connectivity index (χ1v) is 9.91. The maximum Gasteiger partial charge on any atom is 0.0541 e. The van der Waals surface area contributed by atoms with E-state index in [2.05, 4.69) is 115 Å². The van der Waals surface area contributed by atoms with Gasteiger partial charge in [-0.3, -0.25) is 0 Å². The number of para-hydroxylation sites is 2. The Bertz CT molecular complexity index is 1260. The van der Waals surface area contributed by atoms with Gasteiger partial charge in [-0.15, -0.1) is 0 Å². The van der Waals surface area contributed by atoms with E-state index in [0.717, 1.165) is 0 Å². The fourth-order valence-corrected chi connectivity index (χ4v) is 4.07. The largest absolute Gasteiger partial charge is 0.309 e. The molecule has 0 atom stereocenters. The Hall–Kier alpha value is -3.32. The summed E-state index contributed by atoms with van der Waals surface area (Å²) in [6, 6.07) is 35.1. The van der Waals surface area contributed by atoms with Crippen molar-refractivity contribution in [2.75, 3.05) is 0 Å². The van der Waals surface area contributed by atoms with E-state index in [1.54, 1.807) is 0 Å². The number of rotatable bonds is 3. The molecule has 0 unspecified atom stereocenters. The lowest BCUT2D eigenvalue weighted by Gasteiger charge is -2.09. The summed E-state index contributed by atoms with van der Waals surface area (Å²) in [6.45, 7) is 4.47. The highest BCUT2D eigenvalue weighted by Crippen LogP contribution is 2.35. The van der Waals surface area contributed by atoms with Crippen molar-refractivity contribution in [2.45, 2.75) is 19.8 Å². The molecule has 5 aromatic rings. The van der Waals surface area contributed by atoms with E-state index < -0.39 is 0 Å². The first kappa shape index (κ1) is 16.8. The Kier molecular flexibility index (Phi) is 4.02. The molecule has 4 aromatic carbocycles. The molecule has 0 N–H and O–H groups in total. The van der Waals surface area contributed by atoms with Crippen LogP contribution in [0.1, 0.15) is 25.3 Å². The summed E-state index contributed by atoms with van der Waals surface area (Å²) in [5, 5.41) is 2.59. The Morgan fingerprint density at radius 3 is 1.96 bits per heavy atom. The van der Waals surface area contributed by atoms with Crippen LogP contribution in [0.4, 0.5) is 0 Å². The minimum Gasteiger partial charge on any atom is -0.309 e. The maximum atomic E-state index is 2.36. The summed E-state index contributed by atoms with van der Waals surface area (Å²) in [5.74, 6) is 0.556. The number of nitrogens with zero attached hydrogens (tertiary/aromatic N) is 1. The second-order valence-corrected chi connectivity index (χ2v) is 7.70. The fourth-order valence-electron chi connectivity index (χ4n) is 4.07. The van der Waals surface area contributed by atoms with E-state index in [1.807, 2.05) is 0 Å². The van der Waals surface area contributed by atoms with Crippen LogP contribution in [0.15, 0.2) is 97.1 Å². The lowest BCUT2D eigenvalue weighted by Crippen LogP contribution is -1.92. The summed E-state index contributed by atoms with van der Waals surface area (Å²) < 4.78 is 2.36. The molecule has 0 spiro atoms. The molecular formula is C27H23N. The summed E-state index contributed by atoms with van der Waals surface area (Å²) in [4.78, 5) is 0. The van der Waals surface area contributed by atoms with Gasteiger partial charge in [-0.2, -0.15) is 0 Å². The topological polar surface area (TPSA) is 4.93 Å². The van der Waals surface area contributed by atoms with Crippen molar-refractivity contribution in [3.05, 3.63) is 103 Å². The third kappa shape index (κ3) is 2.71. The molecule has 1 aromatic heterocycles. The van der Waals surface area contributed by atoms with Crippen molar-refractivity contribution in [3.63, 3.8) is 0 Å². The quantitative estimate of drug-likeness (QED) is 0.312. The second kappa shape index (κ2) is 6.69. The van der Waals surface area contributed by atoms with Crippen LogP contribution < -0.4 is 0 Å². The van der Waals surface area contributed by atoms with E-state index in [9.17, 15) is 0 Å². The Balaban J connectivity index is 1.73. The Morgan fingerprint density at radius 1 is 0.571 bits per heavy atom. The molecule has 5 rings (SSSR count). The van der Waals surface area contributed by atoms with E-state index in [1.165, 1.54) is 44.2 Å². The summed E-state index contributed by atoms with van der Waals surface area (Å²) >= 11 is 0. The monoisotopic (exact) mass is 361 g/mol. The van der Waals surface area contributed by atoms with Crippen molar-refractivity contribution in [1.29, 1.82) is 0 Å². The zero-order valence-corrected chi connectivity index (χ0v) is 16.3. The van der Waals surface area contributed by atoms with E-state index in [0.29, 0.717) is 5.92 Å². The van der Waals surface area contributed by atoms with E-state index >= 15 is 0 Å². The van der Waals surface area contributed by atoms with Gasteiger partial charge >= 0.3 is 0 Å². The molecule has 0 fully saturated rings. The number of benzene rings is 4. The highest BCUT2D eigenvalue weighted by atomic mass is 15.0. The normalized spacial score (nSPS) is 11.5. The van der Waals surface area contributed by atoms with Crippen LogP contribution in [0.5, 0.6) is 0 Å². The van der Waals surface area contributed by atoms with Crippen LogP contribution in [-0.4, -0.2) is 4.57 Å². The number of aromatic nitrogens is 1. The molecule has 1 heterocycles. The van der Waals surface area contributed by atoms with Crippen LogP contribution in [0.3, 0.4) is 0 Å². The number of hydrogen-bond acceptors (Lipinski definition) is 0. The third-order valence-electron chi connectivity index (χ3n) is 5.60. The zero-order chi connectivity index (χ0) is 19.1. The predicted molar refractivity (Wildman–Crippen MR) is 120 cm³/mol. The van der Waals surface area contributed by atoms with Gasteiger partial charge in [0.25, 0.3) is 0 Å². The Morgan fingerprint density at radius 2 is 1.21 bits per heavy atom. The third-order valence-corrected chi connectivity index (χ3v) is 5.60. The SMILES string of the molecule is CC(C)c1ccc(-c2ccc3c(c2)c2ccccc2n3-c2ccccc2)cc1. The molecule has 136 valence electrons. The van der Waals surface area contributed by atoms with Gasteiger partial charge in [0.05, 0.1) is 11.0 Å². The molecule has 0 aliphatic rings. The average molecular weight is 361 g/mol. The molecule has 1 nitrogen and oxygen atoms in total. The molecule has 0 radical (unpaired) electrons. The smallest absolute Gasteiger partial charge is 0.0541 e. The highest BCUT2D eigenvalue weighted by molar-refractivity contribution is 6.10. The van der Waals surface area contributed by atoms with Crippen LogP contribution in [0.25, 0.3) is 38.6 Å². The van der Waals surface area contributed by atoms with Gasteiger partial charge in [-0.05, 0) is 52.9 Å². The molecule has 0 aliphatic heterocycles. The molecule has 0 aliphatic carbocycles. The standard InChI is InChI=1S/C27H23N/c1-19(2)20-12-14-21(15-13-20)22-16-17-27-25(18-22)24-10-6-7-11-26(24)28(27)23-8-4-3-5-9-23/h3-19H,1-2H3. The average Bonchev–Trinajstić information content (AvgIpc) is 3.08. The maximum absolute atomic E-state index is 2.36. The minimum absolute atomic E-state index is 0.556. The molecule has 0 amide bonds. The van der Waals surface area contributed by atoms with Gasteiger partial charge in [0.15, 0.2) is 0 Å². The molecular weight excluding hydrogens is 338 g/mol. The van der Waals surface area contributed by atoms with E-state index in [-0.39, 0.29) is 0 Å². The second-order valence-electron chi connectivity index (χ2n) is 7.70. The predicted octanol–water partition coefficient (Wildman–Crippen LogP) is 7.57. The van der Waals surface area contributed by atoms with Gasteiger partial charge in [0, 0.05) is 16.5 Å². The summed E-state index contributed by atoms with van der Waals surface area (Å²) in [5.41, 5.74) is 7.60. The van der Waals surface area contributed by atoms with Gasteiger partial charge in [-0.1, -0.05) is 80.6 Å². The summed E-state index contributed by atoms with van der Waals surface area (Å²) in [6.07, 6.45) is 0. The molecule has 1 heteroatoms. The van der Waals surface area contributed by atoms with Crippen molar-refractivity contribution in [1.82, 2.24) is 4.57 Å². The van der Waals surface area contributed by atoms with Crippen LogP contribution >= 0.6 is 0 Å². The van der Waals surface area contributed by atoms with Crippen molar-refractivity contribution < 1.29 is 0 Å². The first-order valence-electron chi connectivity index (χ1n) is 9.91. The zero-order valence-electron chi connectivity index (χ0n) is 16.3. The highest BCUT2D eigenvalue weighted by Gasteiger charge is 2.12. The molecule has 0 saturated carbocycles. The van der Waals surface area contributed by atoms with Crippen molar-refractivity contribution in [3.8, 4) is 16.8 Å². The van der Waals surface area contributed by atoms with Crippen molar-refractivity contribution >= 4 is 21.8 Å². The van der Waals surface area contributed by atoms with Crippen molar-refractivity contribution in [2.24, 2.45) is 0 Å². The number of hydrogen-bond donors (Lipinski definition) is 0. The minimum atomic E-state index is 0.556. The van der Waals surface area contributed by atoms with Gasteiger partial charge in [0.1, 0.15) is 0 Å². The molecule has 28 heavy (non-hydrogen) atoms.